The van der Waals surface area contributed by atoms with Crippen molar-refractivity contribution in [3.8, 4) is 5.75 Å². The third-order valence-electron chi connectivity index (χ3n) is 4.39. The average molecular weight is 432 g/mol. The monoisotopic (exact) mass is 432 g/mol. The van der Waals surface area contributed by atoms with Gasteiger partial charge in [0.15, 0.2) is 11.4 Å². The highest BCUT2D eigenvalue weighted by atomic mass is 19.1. The molecule has 0 fully saturated rings. The first-order valence-electron chi connectivity index (χ1n) is 9.55. The number of imidazole rings is 1. The number of hydrogen-bond donors (Lipinski definition) is 2. The highest BCUT2D eigenvalue weighted by Crippen LogP contribution is 2.25. The maximum absolute atomic E-state index is 13.9. The van der Waals surface area contributed by atoms with Crippen LogP contribution in [-0.2, 0) is 16.1 Å². The summed E-state index contributed by atoms with van der Waals surface area (Å²) in [5, 5.41) is 0. The Hall–Kier alpha value is -3.53. The molecule has 31 heavy (non-hydrogen) atoms. The normalized spacial score (nSPS) is 10.9. The second-order valence-corrected chi connectivity index (χ2v) is 6.72. The highest BCUT2D eigenvalue weighted by molar-refractivity contribution is 5.94. The quantitative estimate of drug-likeness (QED) is 0.420. The van der Waals surface area contributed by atoms with Crippen molar-refractivity contribution in [2.75, 3.05) is 13.2 Å². The molecular weight excluding hydrogens is 410 g/mol. The number of nitrogens with one attached hydrogen (secondary N) is 2. The van der Waals surface area contributed by atoms with Gasteiger partial charge in [-0.3, -0.25) is 19.4 Å². The summed E-state index contributed by atoms with van der Waals surface area (Å²) in [7, 11) is 0. The van der Waals surface area contributed by atoms with Gasteiger partial charge in [0.25, 0.3) is 5.91 Å². The molecule has 0 bridgehead atoms. The number of hydrazine groups is 1. The molecule has 3 rings (SSSR count). The lowest BCUT2D eigenvalue weighted by Gasteiger charge is -2.11. The van der Waals surface area contributed by atoms with Crippen LogP contribution < -0.4 is 15.6 Å². The molecule has 0 unspecified atom stereocenters. The number of nitrogens with zero attached hydrogens (tertiary/aromatic N) is 2. The Bertz CT molecular complexity index is 1110. The van der Waals surface area contributed by atoms with E-state index in [9.17, 15) is 18.4 Å². The molecule has 2 N–H and O–H groups in total. The van der Waals surface area contributed by atoms with Gasteiger partial charge < -0.3 is 9.47 Å². The van der Waals surface area contributed by atoms with Crippen LogP contribution in [-0.4, -0.2) is 34.4 Å². The smallest absolute Gasteiger partial charge is 0.321 e. The summed E-state index contributed by atoms with van der Waals surface area (Å²) >= 11 is 0. The first-order chi connectivity index (χ1) is 14.8. The summed E-state index contributed by atoms with van der Waals surface area (Å²) in [6, 6.07) is 5.25. The molecule has 1 aromatic carbocycles. The number of ether oxygens (including phenoxy) is 2. The Morgan fingerprint density at radius 3 is 2.58 bits per heavy atom. The van der Waals surface area contributed by atoms with E-state index in [1.165, 1.54) is 10.5 Å². The maximum Gasteiger partial charge on any atom is 0.321 e. The van der Waals surface area contributed by atoms with Crippen LogP contribution in [0.25, 0.3) is 5.65 Å². The topological polar surface area (TPSA) is 94.0 Å². The molecule has 0 aliphatic carbocycles. The number of fused-ring (bicyclic) bond motifs is 1. The summed E-state index contributed by atoms with van der Waals surface area (Å²) < 4.78 is 39.8. The minimum Gasteiger partial charge on any atom is -0.485 e. The summed E-state index contributed by atoms with van der Waals surface area (Å²) in [6.45, 7) is 4.80. The van der Waals surface area contributed by atoms with Gasteiger partial charge in [0.05, 0.1) is 17.9 Å². The molecule has 10 heteroatoms. The number of halogens is 2. The number of rotatable bonds is 8. The number of hydrogen-bond acceptors (Lipinski definition) is 6. The molecule has 0 saturated heterocycles. The van der Waals surface area contributed by atoms with Crippen LogP contribution in [0.15, 0.2) is 30.5 Å². The van der Waals surface area contributed by atoms with E-state index in [1.54, 1.807) is 33.0 Å². The van der Waals surface area contributed by atoms with Crippen LogP contribution in [0.4, 0.5) is 8.78 Å². The molecular formula is C21H22F2N4O4. The van der Waals surface area contributed by atoms with E-state index in [2.05, 4.69) is 15.8 Å². The van der Waals surface area contributed by atoms with Crippen molar-refractivity contribution in [1.82, 2.24) is 20.2 Å². The highest BCUT2D eigenvalue weighted by Gasteiger charge is 2.20. The number of carbonyl (C=O) groups is 2. The van der Waals surface area contributed by atoms with E-state index in [0.717, 1.165) is 17.7 Å². The van der Waals surface area contributed by atoms with E-state index in [4.69, 9.17) is 9.47 Å². The first kappa shape index (κ1) is 22.2. The van der Waals surface area contributed by atoms with Crippen LogP contribution >= 0.6 is 0 Å². The van der Waals surface area contributed by atoms with Crippen molar-refractivity contribution in [2.45, 2.75) is 27.4 Å². The third-order valence-corrected chi connectivity index (χ3v) is 4.39. The van der Waals surface area contributed by atoms with Gasteiger partial charge in [-0.15, -0.1) is 0 Å². The predicted molar refractivity (Wildman–Crippen MR) is 107 cm³/mol. The van der Waals surface area contributed by atoms with E-state index < -0.39 is 23.5 Å². The van der Waals surface area contributed by atoms with Gasteiger partial charge in [0, 0.05) is 6.20 Å². The van der Waals surface area contributed by atoms with E-state index in [0.29, 0.717) is 11.3 Å². The molecule has 2 aromatic heterocycles. The van der Waals surface area contributed by atoms with Crippen LogP contribution in [0.2, 0.25) is 0 Å². The number of aryl methyl sites for hydroxylation is 2. The standard InChI is InChI=1S/C21H22F2N4O4/c1-4-30-18(28)9-24-26-21(29)19-13(3)25-20-17(8-12(2)10-27(19)20)31-11-14-15(22)6-5-7-16(14)23/h5-8,10,24H,4,9,11H2,1-3H3,(H,26,29). The van der Waals surface area contributed by atoms with Gasteiger partial charge >= 0.3 is 5.97 Å². The summed E-state index contributed by atoms with van der Waals surface area (Å²) in [6.07, 6.45) is 1.69. The van der Waals surface area contributed by atoms with Gasteiger partial charge in [-0.25, -0.2) is 19.2 Å². The van der Waals surface area contributed by atoms with Gasteiger partial charge in [0.1, 0.15) is 30.5 Å². The molecule has 1 amide bonds. The molecule has 0 saturated carbocycles. The molecule has 0 atom stereocenters. The fourth-order valence-corrected chi connectivity index (χ4v) is 3.03. The van der Waals surface area contributed by atoms with Crippen LogP contribution in [0.1, 0.15) is 34.2 Å². The number of benzene rings is 1. The van der Waals surface area contributed by atoms with Crippen LogP contribution in [0, 0.1) is 25.5 Å². The van der Waals surface area contributed by atoms with E-state index in [-0.39, 0.29) is 36.8 Å². The number of aromatic nitrogens is 2. The number of amides is 1. The van der Waals surface area contributed by atoms with Gasteiger partial charge in [0.2, 0.25) is 0 Å². The average Bonchev–Trinajstić information content (AvgIpc) is 3.03. The fourth-order valence-electron chi connectivity index (χ4n) is 3.03. The van der Waals surface area contributed by atoms with E-state index >= 15 is 0 Å². The second-order valence-electron chi connectivity index (χ2n) is 6.72. The minimum absolute atomic E-state index is 0.197. The lowest BCUT2D eigenvalue weighted by Crippen LogP contribution is -2.41. The third kappa shape index (κ3) is 4.97. The SMILES string of the molecule is CCOC(=O)CNNC(=O)c1c(C)nc2c(OCc3c(F)cccc3F)cc(C)cn12. The van der Waals surface area contributed by atoms with Crippen molar-refractivity contribution in [3.63, 3.8) is 0 Å². The second kappa shape index (κ2) is 9.52. The molecule has 164 valence electrons. The largest absolute Gasteiger partial charge is 0.485 e. The van der Waals surface area contributed by atoms with Crippen molar-refractivity contribution in [2.24, 2.45) is 0 Å². The molecule has 8 nitrogen and oxygen atoms in total. The maximum atomic E-state index is 13.9. The zero-order chi connectivity index (χ0) is 22.5. The van der Waals surface area contributed by atoms with Gasteiger partial charge in [-0.2, -0.15) is 0 Å². The molecule has 0 spiro atoms. The summed E-state index contributed by atoms with van der Waals surface area (Å²) in [5.41, 5.74) is 6.41. The summed E-state index contributed by atoms with van der Waals surface area (Å²) in [4.78, 5) is 28.4. The van der Waals surface area contributed by atoms with E-state index in [1.807, 2.05) is 0 Å². The minimum atomic E-state index is -0.712. The number of carbonyl (C=O) groups excluding carboxylic acids is 2. The zero-order valence-electron chi connectivity index (χ0n) is 17.3. The Labute approximate surface area is 177 Å². The Kier molecular flexibility index (Phi) is 6.81. The number of pyridine rings is 1. The zero-order valence-corrected chi connectivity index (χ0v) is 17.3. The predicted octanol–water partition coefficient (Wildman–Crippen LogP) is 2.61. The van der Waals surface area contributed by atoms with Crippen molar-refractivity contribution in [3.05, 3.63) is 64.6 Å². The molecule has 0 aliphatic heterocycles. The Balaban J connectivity index is 1.84. The lowest BCUT2D eigenvalue weighted by molar-refractivity contribution is -0.142. The fraction of sp³-hybridized carbons (Fsp3) is 0.286. The molecule has 0 aliphatic rings. The van der Waals surface area contributed by atoms with Crippen molar-refractivity contribution in [1.29, 1.82) is 0 Å². The van der Waals surface area contributed by atoms with Crippen molar-refractivity contribution < 1.29 is 27.8 Å². The molecule has 2 heterocycles. The Morgan fingerprint density at radius 1 is 1.19 bits per heavy atom. The number of esters is 1. The van der Waals surface area contributed by atoms with Gasteiger partial charge in [-0.1, -0.05) is 6.07 Å². The molecule has 3 aromatic rings. The first-order valence-corrected chi connectivity index (χ1v) is 9.55. The van der Waals surface area contributed by atoms with Gasteiger partial charge in [-0.05, 0) is 44.5 Å². The molecule has 0 radical (unpaired) electrons. The summed E-state index contributed by atoms with van der Waals surface area (Å²) in [5.74, 6) is -2.19. The van der Waals surface area contributed by atoms with Crippen LogP contribution in [0.5, 0.6) is 5.75 Å². The van der Waals surface area contributed by atoms with Crippen molar-refractivity contribution >= 4 is 17.5 Å². The Morgan fingerprint density at radius 2 is 1.90 bits per heavy atom. The van der Waals surface area contributed by atoms with Crippen LogP contribution in [0.3, 0.4) is 0 Å². The lowest BCUT2D eigenvalue weighted by atomic mass is 10.2.